The van der Waals surface area contributed by atoms with Gasteiger partial charge in [-0.3, -0.25) is 9.48 Å². The molecule has 0 spiro atoms. The van der Waals surface area contributed by atoms with Crippen LogP contribution in [-0.4, -0.2) is 42.0 Å². The maximum Gasteiger partial charge on any atom is 0.243 e. The summed E-state index contributed by atoms with van der Waals surface area (Å²) in [5.74, 6) is -0.438. The fraction of sp³-hybridized carbons (Fsp3) is 0.556. The van der Waals surface area contributed by atoms with Crippen molar-refractivity contribution in [3.05, 3.63) is 18.5 Å². The molecule has 0 atom stereocenters. The van der Waals surface area contributed by atoms with Crippen LogP contribution in [0.25, 0.3) is 0 Å². The zero-order valence-corrected chi connectivity index (χ0v) is 8.56. The smallest absolute Gasteiger partial charge is 0.243 e. The van der Waals surface area contributed by atoms with Gasteiger partial charge in [-0.05, 0) is 6.07 Å². The Morgan fingerprint density at radius 1 is 1.53 bits per heavy atom. The monoisotopic (exact) mass is 212 g/mol. The Kier molecular flexibility index (Phi) is 5.42. The van der Waals surface area contributed by atoms with E-state index in [-0.39, 0.29) is 6.61 Å². The van der Waals surface area contributed by atoms with Gasteiger partial charge in [-0.2, -0.15) is 5.10 Å². The minimum absolute atomic E-state index is 0.0131. The highest BCUT2D eigenvalue weighted by atomic mass is 16.5. The average Bonchev–Trinajstić information content (AvgIpc) is 2.68. The summed E-state index contributed by atoms with van der Waals surface area (Å²) in [6, 6.07) is 1.88. The maximum atomic E-state index is 10.3. The van der Waals surface area contributed by atoms with Crippen molar-refractivity contribution in [3.8, 4) is 0 Å². The molecule has 0 aliphatic heterocycles. The van der Waals surface area contributed by atoms with Gasteiger partial charge in [0.05, 0.1) is 13.2 Å². The van der Waals surface area contributed by atoms with E-state index < -0.39 is 5.91 Å². The van der Waals surface area contributed by atoms with Crippen molar-refractivity contribution in [3.63, 3.8) is 0 Å². The minimum atomic E-state index is -0.438. The molecule has 1 aromatic rings. The van der Waals surface area contributed by atoms with Crippen molar-refractivity contribution in [2.24, 2.45) is 5.73 Å². The van der Waals surface area contributed by atoms with Gasteiger partial charge in [0, 0.05) is 25.5 Å². The second-order valence-corrected chi connectivity index (χ2v) is 3.04. The van der Waals surface area contributed by atoms with Gasteiger partial charge in [0.2, 0.25) is 5.91 Å². The van der Waals surface area contributed by atoms with E-state index in [1.165, 1.54) is 0 Å². The molecule has 0 radical (unpaired) electrons. The first-order chi connectivity index (χ1) is 7.29. The molecule has 0 aliphatic rings. The number of hydrogen-bond acceptors (Lipinski definition) is 4. The molecule has 6 heteroatoms. The van der Waals surface area contributed by atoms with Crippen molar-refractivity contribution in [2.75, 3.05) is 26.3 Å². The van der Waals surface area contributed by atoms with E-state index in [0.717, 1.165) is 13.1 Å². The maximum absolute atomic E-state index is 10.3. The SMILES string of the molecule is NC(=O)COCCNCCn1cccn1. The third-order valence-electron chi connectivity index (χ3n) is 1.74. The van der Waals surface area contributed by atoms with E-state index in [1.807, 2.05) is 16.9 Å². The highest BCUT2D eigenvalue weighted by molar-refractivity contribution is 5.74. The van der Waals surface area contributed by atoms with Crippen molar-refractivity contribution >= 4 is 5.91 Å². The molecule has 0 aliphatic carbocycles. The van der Waals surface area contributed by atoms with Crippen LogP contribution < -0.4 is 11.1 Å². The summed E-state index contributed by atoms with van der Waals surface area (Å²) in [6.07, 6.45) is 3.65. The van der Waals surface area contributed by atoms with E-state index >= 15 is 0 Å². The highest BCUT2D eigenvalue weighted by Crippen LogP contribution is 1.82. The number of carbonyl (C=O) groups excluding carboxylic acids is 1. The number of amides is 1. The van der Waals surface area contributed by atoms with E-state index in [4.69, 9.17) is 10.5 Å². The molecule has 0 saturated carbocycles. The lowest BCUT2D eigenvalue weighted by Crippen LogP contribution is -2.26. The van der Waals surface area contributed by atoms with Gasteiger partial charge in [-0.15, -0.1) is 0 Å². The van der Waals surface area contributed by atoms with Crippen molar-refractivity contribution < 1.29 is 9.53 Å². The molecule has 0 unspecified atom stereocenters. The van der Waals surface area contributed by atoms with E-state index in [1.54, 1.807) is 6.20 Å². The molecule has 0 aromatic carbocycles. The van der Waals surface area contributed by atoms with Gasteiger partial charge >= 0.3 is 0 Å². The molecule has 15 heavy (non-hydrogen) atoms. The second kappa shape index (κ2) is 6.97. The number of nitrogens with zero attached hydrogens (tertiary/aromatic N) is 2. The van der Waals surface area contributed by atoms with Crippen LogP contribution in [0.15, 0.2) is 18.5 Å². The fourth-order valence-electron chi connectivity index (χ4n) is 1.07. The Hall–Kier alpha value is -1.40. The number of hydrogen-bond donors (Lipinski definition) is 2. The summed E-state index contributed by atoms with van der Waals surface area (Å²) in [7, 11) is 0. The molecular formula is C9H16N4O2. The number of nitrogens with one attached hydrogen (secondary N) is 1. The van der Waals surface area contributed by atoms with Crippen molar-refractivity contribution in [2.45, 2.75) is 6.54 Å². The third kappa shape index (κ3) is 5.82. The highest BCUT2D eigenvalue weighted by Gasteiger charge is 1.93. The molecule has 1 heterocycles. The number of nitrogens with two attached hydrogens (primary N) is 1. The fourth-order valence-corrected chi connectivity index (χ4v) is 1.07. The van der Waals surface area contributed by atoms with Gasteiger partial charge in [0.15, 0.2) is 0 Å². The number of rotatable bonds is 8. The van der Waals surface area contributed by atoms with E-state index in [0.29, 0.717) is 13.2 Å². The summed E-state index contributed by atoms with van der Waals surface area (Å²) in [6.45, 7) is 2.82. The van der Waals surface area contributed by atoms with Gasteiger partial charge in [-0.1, -0.05) is 0 Å². The average molecular weight is 212 g/mol. The molecule has 84 valence electrons. The van der Waals surface area contributed by atoms with Crippen LogP contribution in [0.3, 0.4) is 0 Å². The second-order valence-electron chi connectivity index (χ2n) is 3.04. The summed E-state index contributed by atoms with van der Waals surface area (Å²) in [5, 5.41) is 7.22. The van der Waals surface area contributed by atoms with Crippen LogP contribution >= 0.6 is 0 Å². The Morgan fingerprint density at radius 3 is 3.07 bits per heavy atom. The number of aromatic nitrogens is 2. The first-order valence-corrected chi connectivity index (χ1v) is 4.83. The van der Waals surface area contributed by atoms with Crippen LogP contribution in [-0.2, 0) is 16.1 Å². The number of primary amides is 1. The van der Waals surface area contributed by atoms with Crippen molar-refractivity contribution in [1.82, 2.24) is 15.1 Å². The molecule has 1 amide bonds. The zero-order chi connectivity index (χ0) is 10.9. The summed E-state index contributed by atoms with van der Waals surface area (Å²) in [4.78, 5) is 10.3. The normalized spacial score (nSPS) is 10.4. The molecule has 6 nitrogen and oxygen atoms in total. The molecule has 1 aromatic heterocycles. The molecular weight excluding hydrogens is 196 g/mol. The number of carbonyl (C=O) groups is 1. The summed E-state index contributed by atoms with van der Waals surface area (Å²) in [5.41, 5.74) is 4.90. The Balaban J connectivity index is 1.87. The van der Waals surface area contributed by atoms with Crippen LogP contribution in [0.5, 0.6) is 0 Å². The largest absolute Gasteiger partial charge is 0.370 e. The van der Waals surface area contributed by atoms with Gasteiger partial charge in [0.25, 0.3) is 0 Å². The molecule has 0 fully saturated rings. The lowest BCUT2D eigenvalue weighted by atomic mass is 10.5. The first kappa shape index (κ1) is 11.7. The predicted molar refractivity (Wildman–Crippen MR) is 55.1 cm³/mol. The van der Waals surface area contributed by atoms with Crippen LogP contribution in [0.1, 0.15) is 0 Å². The lowest BCUT2D eigenvalue weighted by Gasteiger charge is -2.04. The van der Waals surface area contributed by atoms with Crippen LogP contribution in [0.4, 0.5) is 0 Å². The Labute approximate surface area is 88.4 Å². The quantitative estimate of drug-likeness (QED) is 0.540. The molecule has 0 bridgehead atoms. The van der Waals surface area contributed by atoms with Gasteiger partial charge in [0.1, 0.15) is 6.61 Å². The predicted octanol–water partition coefficient (Wildman–Crippen LogP) is -1.03. The standard InChI is InChI=1S/C9H16N4O2/c10-9(14)8-15-7-4-11-3-6-13-5-1-2-12-13/h1-2,5,11H,3-4,6-8H2,(H2,10,14). The van der Waals surface area contributed by atoms with E-state index in [9.17, 15) is 4.79 Å². The summed E-state index contributed by atoms with van der Waals surface area (Å²) < 4.78 is 6.82. The Bertz CT molecular complexity index is 274. The first-order valence-electron chi connectivity index (χ1n) is 4.83. The topological polar surface area (TPSA) is 82.2 Å². The summed E-state index contributed by atoms with van der Waals surface area (Å²) >= 11 is 0. The van der Waals surface area contributed by atoms with E-state index in [2.05, 4.69) is 10.4 Å². The van der Waals surface area contributed by atoms with Crippen molar-refractivity contribution in [1.29, 1.82) is 0 Å². The third-order valence-corrected chi connectivity index (χ3v) is 1.74. The molecule has 1 rings (SSSR count). The zero-order valence-electron chi connectivity index (χ0n) is 8.56. The minimum Gasteiger partial charge on any atom is -0.370 e. The Morgan fingerprint density at radius 2 is 2.40 bits per heavy atom. The lowest BCUT2D eigenvalue weighted by molar-refractivity contribution is -0.122. The number of ether oxygens (including phenoxy) is 1. The molecule has 0 saturated heterocycles. The molecule has 3 N–H and O–H groups in total. The van der Waals surface area contributed by atoms with Gasteiger partial charge < -0.3 is 15.8 Å². The van der Waals surface area contributed by atoms with Crippen LogP contribution in [0.2, 0.25) is 0 Å². The van der Waals surface area contributed by atoms with Crippen LogP contribution in [0, 0.1) is 0 Å². The van der Waals surface area contributed by atoms with Gasteiger partial charge in [-0.25, -0.2) is 0 Å².